The molecule has 2 aliphatic heterocycles. The summed E-state index contributed by atoms with van der Waals surface area (Å²) >= 11 is 0. The Hall–Kier alpha value is -2.96. The molecule has 0 saturated carbocycles. The number of hydrogen-bond acceptors (Lipinski definition) is 5. The van der Waals surface area contributed by atoms with Crippen LogP contribution in [0.4, 0.5) is 5.82 Å². The molecule has 1 fully saturated rings. The lowest BCUT2D eigenvalue weighted by Gasteiger charge is -2.39. The van der Waals surface area contributed by atoms with E-state index in [0.29, 0.717) is 25.8 Å². The number of aromatic nitrogens is 2. The number of piperidine rings is 1. The average molecular weight is 366 g/mol. The minimum absolute atomic E-state index is 0.0456. The van der Waals surface area contributed by atoms with Gasteiger partial charge in [-0.3, -0.25) is 9.78 Å². The number of carboxylic acid groups (broad SMARTS) is 1. The topological polar surface area (TPSA) is 86.6 Å². The normalized spacial score (nSPS) is 20.2. The van der Waals surface area contributed by atoms with Gasteiger partial charge in [-0.15, -0.1) is 0 Å². The largest absolute Gasteiger partial charge is 0.480 e. The number of anilines is 1. The van der Waals surface area contributed by atoms with Crippen molar-refractivity contribution in [3.63, 3.8) is 0 Å². The molecule has 0 bridgehead atoms. The first-order valence-corrected chi connectivity index (χ1v) is 9.24. The Labute approximate surface area is 157 Å². The van der Waals surface area contributed by atoms with Crippen molar-refractivity contribution in [3.05, 3.63) is 54.0 Å². The summed E-state index contributed by atoms with van der Waals surface area (Å²) < 4.78 is 0. The van der Waals surface area contributed by atoms with Gasteiger partial charge in [0, 0.05) is 44.4 Å². The first-order valence-electron chi connectivity index (χ1n) is 9.24. The highest BCUT2D eigenvalue weighted by Gasteiger charge is 2.38. The van der Waals surface area contributed by atoms with Crippen LogP contribution < -0.4 is 4.90 Å². The highest BCUT2D eigenvalue weighted by Crippen LogP contribution is 2.29. The second kappa shape index (κ2) is 7.34. The van der Waals surface area contributed by atoms with Gasteiger partial charge >= 0.3 is 5.97 Å². The maximum Gasteiger partial charge on any atom is 0.326 e. The quantitative estimate of drug-likeness (QED) is 0.890. The van der Waals surface area contributed by atoms with E-state index in [0.717, 1.165) is 30.0 Å². The molecule has 0 aliphatic carbocycles. The highest BCUT2D eigenvalue weighted by molar-refractivity contribution is 5.86. The lowest BCUT2D eigenvalue weighted by Crippen LogP contribution is -2.52. The molecule has 2 aliphatic rings. The zero-order chi connectivity index (χ0) is 18.8. The summed E-state index contributed by atoms with van der Waals surface area (Å²) in [6, 6.07) is 6.99. The average Bonchev–Trinajstić information content (AvgIpc) is 2.73. The van der Waals surface area contributed by atoms with Crippen molar-refractivity contribution in [2.24, 2.45) is 5.92 Å². The minimum atomic E-state index is -0.935. The van der Waals surface area contributed by atoms with E-state index in [1.165, 1.54) is 0 Å². The number of fused-ring (bicyclic) bond motifs is 1. The van der Waals surface area contributed by atoms with E-state index in [-0.39, 0.29) is 11.8 Å². The summed E-state index contributed by atoms with van der Waals surface area (Å²) in [5.41, 5.74) is 2.06. The fourth-order valence-electron chi connectivity index (χ4n) is 4.02. The molecule has 140 valence electrons. The lowest BCUT2D eigenvalue weighted by atomic mass is 9.90. The second-order valence-electron chi connectivity index (χ2n) is 7.12. The molecule has 0 radical (unpaired) electrons. The van der Waals surface area contributed by atoms with E-state index in [4.69, 9.17) is 0 Å². The van der Waals surface area contributed by atoms with Gasteiger partial charge in [0.15, 0.2) is 0 Å². The van der Waals surface area contributed by atoms with Gasteiger partial charge in [-0.2, -0.15) is 0 Å². The molecule has 1 aromatic carbocycles. The van der Waals surface area contributed by atoms with E-state index < -0.39 is 12.0 Å². The Bertz CT molecular complexity index is 834. The SMILES string of the molecule is O=C(O)C1Cc2ccccc2CN1C(=O)C1CCN(c2cnccn2)CC1. The van der Waals surface area contributed by atoms with Crippen LogP contribution in [0.3, 0.4) is 0 Å². The first-order chi connectivity index (χ1) is 13.1. The molecule has 7 heteroatoms. The zero-order valence-corrected chi connectivity index (χ0v) is 15.0. The summed E-state index contributed by atoms with van der Waals surface area (Å²) in [5.74, 6) is -0.311. The summed E-state index contributed by atoms with van der Waals surface area (Å²) in [4.78, 5) is 37.0. The third kappa shape index (κ3) is 3.49. The third-order valence-electron chi connectivity index (χ3n) is 5.53. The van der Waals surface area contributed by atoms with Crippen molar-refractivity contribution in [2.75, 3.05) is 18.0 Å². The van der Waals surface area contributed by atoms with Gasteiger partial charge in [0.1, 0.15) is 11.9 Å². The van der Waals surface area contributed by atoms with E-state index in [1.807, 2.05) is 24.3 Å². The maximum absolute atomic E-state index is 13.1. The van der Waals surface area contributed by atoms with Crippen LogP contribution in [0.1, 0.15) is 24.0 Å². The van der Waals surface area contributed by atoms with Crippen molar-refractivity contribution >= 4 is 17.7 Å². The number of nitrogens with zero attached hydrogens (tertiary/aromatic N) is 4. The molecule has 2 aromatic rings. The minimum Gasteiger partial charge on any atom is -0.480 e. The van der Waals surface area contributed by atoms with Crippen LogP contribution in [0, 0.1) is 5.92 Å². The van der Waals surface area contributed by atoms with Crippen LogP contribution >= 0.6 is 0 Å². The second-order valence-corrected chi connectivity index (χ2v) is 7.12. The Morgan fingerprint density at radius 1 is 1.07 bits per heavy atom. The summed E-state index contributed by atoms with van der Waals surface area (Å²) in [7, 11) is 0. The predicted molar refractivity (Wildman–Crippen MR) is 99.1 cm³/mol. The van der Waals surface area contributed by atoms with Crippen LogP contribution in [-0.2, 0) is 22.6 Å². The highest BCUT2D eigenvalue weighted by atomic mass is 16.4. The number of carboxylic acids is 1. The summed E-state index contributed by atoms with van der Waals surface area (Å²) in [5, 5.41) is 9.65. The molecular formula is C20H22N4O3. The van der Waals surface area contributed by atoms with Crippen molar-refractivity contribution in [3.8, 4) is 0 Å². The van der Waals surface area contributed by atoms with Crippen molar-refractivity contribution in [1.82, 2.24) is 14.9 Å². The monoisotopic (exact) mass is 366 g/mol. The molecule has 1 N–H and O–H groups in total. The molecule has 1 unspecified atom stereocenters. The number of rotatable bonds is 3. The Morgan fingerprint density at radius 3 is 2.48 bits per heavy atom. The van der Waals surface area contributed by atoms with E-state index in [1.54, 1.807) is 23.5 Å². The fourth-order valence-corrected chi connectivity index (χ4v) is 4.02. The number of aliphatic carboxylic acids is 1. The van der Waals surface area contributed by atoms with E-state index in [9.17, 15) is 14.7 Å². The standard InChI is InChI=1S/C20H22N4O3/c25-19(14-5-9-23(10-6-14)18-12-21-7-8-22-18)24-13-16-4-2-1-3-15(16)11-17(24)20(26)27/h1-4,7-8,12,14,17H,5-6,9-11,13H2,(H,26,27). The van der Waals surface area contributed by atoms with Crippen LogP contribution in [0.15, 0.2) is 42.9 Å². The van der Waals surface area contributed by atoms with Crippen LogP contribution in [-0.4, -0.2) is 51.0 Å². The van der Waals surface area contributed by atoms with Gasteiger partial charge in [0.25, 0.3) is 0 Å². The molecular weight excluding hydrogens is 344 g/mol. The molecule has 27 heavy (non-hydrogen) atoms. The van der Waals surface area contributed by atoms with Crippen molar-refractivity contribution in [2.45, 2.75) is 31.8 Å². The van der Waals surface area contributed by atoms with Gasteiger partial charge in [-0.05, 0) is 24.0 Å². The first kappa shape index (κ1) is 17.5. The smallest absolute Gasteiger partial charge is 0.326 e. The van der Waals surface area contributed by atoms with Crippen molar-refractivity contribution < 1.29 is 14.7 Å². The summed E-state index contributed by atoms with van der Waals surface area (Å²) in [6.45, 7) is 1.81. The maximum atomic E-state index is 13.1. The van der Waals surface area contributed by atoms with Gasteiger partial charge < -0.3 is 14.9 Å². The Kier molecular flexibility index (Phi) is 4.75. The third-order valence-corrected chi connectivity index (χ3v) is 5.53. The molecule has 1 saturated heterocycles. The van der Waals surface area contributed by atoms with Crippen LogP contribution in [0.25, 0.3) is 0 Å². The zero-order valence-electron chi connectivity index (χ0n) is 15.0. The number of benzene rings is 1. The van der Waals surface area contributed by atoms with E-state index >= 15 is 0 Å². The van der Waals surface area contributed by atoms with Gasteiger partial charge in [-0.1, -0.05) is 24.3 Å². The lowest BCUT2D eigenvalue weighted by molar-refractivity contribution is -0.153. The van der Waals surface area contributed by atoms with Gasteiger partial charge in [-0.25, -0.2) is 9.78 Å². The predicted octanol–water partition coefficient (Wildman–Crippen LogP) is 1.73. The van der Waals surface area contributed by atoms with Crippen molar-refractivity contribution in [1.29, 1.82) is 0 Å². The molecule has 4 rings (SSSR count). The number of hydrogen-bond donors (Lipinski definition) is 1. The fraction of sp³-hybridized carbons (Fsp3) is 0.400. The molecule has 3 heterocycles. The molecule has 1 aromatic heterocycles. The molecule has 1 amide bonds. The number of amides is 1. The Balaban J connectivity index is 1.46. The molecule has 1 atom stereocenters. The number of carbonyl (C=O) groups is 2. The van der Waals surface area contributed by atoms with Crippen LogP contribution in [0.2, 0.25) is 0 Å². The van der Waals surface area contributed by atoms with E-state index in [2.05, 4.69) is 14.9 Å². The van der Waals surface area contributed by atoms with Crippen LogP contribution in [0.5, 0.6) is 0 Å². The number of carbonyl (C=O) groups excluding carboxylic acids is 1. The summed E-state index contributed by atoms with van der Waals surface area (Å²) in [6.07, 6.45) is 6.79. The molecule has 7 nitrogen and oxygen atoms in total. The molecule has 0 spiro atoms. The Morgan fingerprint density at radius 2 is 1.81 bits per heavy atom. The van der Waals surface area contributed by atoms with Gasteiger partial charge in [0.05, 0.1) is 6.20 Å². The van der Waals surface area contributed by atoms with Gasteiger partial charge in [0.2, 0.25) is 5.91 Å².